The summed E-state index contributed by atoms with van der Waals surface area (Å²) < 4.78 is 9.83. The fraction of sp³-hybridized carbons (Fsp3) is 0.323. The Bertz CT molecular complexity index is 1750. The predicted octanol–water partition coefficient (Wildman–Crippen LogP) is 5.54. The number of rotatable bonds is 6. The number of imidazole rings is 1. The minimum Gasteiger partial charge on any atom is -0.381 e. The molecule has 2 N–H and O–H groups in total. The number of pyridine rings is 1. The minimum absolute atomic E-state index is 0.379. The molecular weight excluding hydrogens is 528 g/mol. The number of fused-ring (bicyclic) bond motifs is 3. The summed E-state index contributed by atoms with van der Waals surface area (Å²) in [7, 11) is 4.13. The Hall–Kier alpha value is -4.77. The number of ether oxygens (including phenoxy) is 1. The number of benzene rings is 1. The van der Waals surface area contributed by atoms with E-state index in [1.165, 1.54) is 16.8 Å². The highest BCUT2D eigenvalue weighted by Gasteiger charge is 2.29. The highest BCUT2D eigenvalue weighted by Crippen LogP contribution is 2.45. The zero-order chi connectivity index (χ0) is 28.8. The Balaban J connectivity index is 1.28. The van der Waals surface area contributed by atoms with Crippen LogP contribution in [0.15, 0.2) is 55.1 Å². The average Bonchev–Trinajstić information content (AvgIpc) is 3.59. The lowest BCUT2D eigenvalue weighted by atomic mass is 9.97. The second kappa shape index (κ2) is 10.6. The Morgan fingerprint density at radius 3 is 2.52 bits per heavy atom. The van der Waals surface area contributed by atoms with E-state index in [4.69, 9.17) is 14.8 Å². The highest BCUT2D eigenvalue weighted by atomic mass is 16.5. The molecule has 0 saturated carbocycles. The molecule has 5 aromatic rings. The predicted molar refractivity (Wildman–Crippen MR) is 163 cm³/mol. The van der Waals surface area contributed by atoms with Gasteiger partial charge in [-0.25, -0.2) is 19.9 Å². The SMILES string of the molecule is Cc1cc(Nc2cc(Nc3cccc4c3N(C)Cc3c-4cnn3C3CCOCC3)c(-c3nccn3C)cn2)nc(C)n1. The zero-order valence-electron chi connectivity index (χ0n) is 24.3. The maximum Gasteiger partial charge on any atom is 0.143 e. The molecule has 1 fully saturated rings. The van der Waals surface area contributed by atoms with E-state index in [0.29, 0.717) is 23.5 Å². The van der Waals surface area contributed by atoms with Gasteiger partial charge >= 0.3 is 0 Å². The van der Waals surface area contributed by atoms with Crippen molar-refractivity contribution in [1.29, 1.82) is 0 Å². The van der Waals surface area contributed by atoms with E-state index in [1.54, 1.807) is 6.20 Å². The van der Waals surface area contributed by atoms with Crippen LogP contribution in [0.2, 0.25) is 0 Å². The van der Waals surface area contributed by atoms with E-state index in [9.17, 15) is 0 Å². The van der Waals surface area contributed by atoms with Crippen molar-refractivity contribution in [2.45, 2.75) is 39.3 Å². The van der Waals surface area contributed by atoms with Gasteiger partial charge in [-0.2, -0.15) is 5.10 Å². The standard InChI is InChI=1S/C31H34N10O/c1-19-14-29(36-20(2)35-19)38-28-15-26(24(16-33-28)31-32-10-11-39(31)3)37-25-7-5-6-22-23-17-34-41(21-8-12-42-13-9-21)27(23)18-40(4)30(22)25/h5-7,10-11,14-17,21H,8-9,12-13,18H2,1-4H3,(H2,33,35,36,37,38). The molecule has 214 valence electrons. The molecule has 1 aromatic carbocycles. The summed E-state index contributed by atoms with van der Waals surface area (Å²) in [6.07, 6.45) is 9.60. The molecule has 0 spiro atoms. The first kappa shape index (κ1) is 26.1. The van der Waals surface area contributed by atoms with Crippen LogP contribution in [0.3, 0.4) is 0 Å². The van der Waals surface area contributed by atoms with Crippen LogP contribution >= 0.6 is 0 Å². The molecule has 4 aromatic heterocycles. The van der Waals surface area contributed by atoms with Gasteiger partial charge in [0, 0.05) is 74.9 Å². The molecule has 11 nitrogen and oxygen atoms in total. The molecule has 0 atom stereocenters. The van der Waals surface area contributed by atoms with Gasteiger partial charge in [-0.15, -0.1) is 0 Å². The Morgan fingerprint density at radius 1 is 0.881 bits per heavy atom. The van der Waals surface area contributed by atoms with Gasteiger partial charge in [-0.1, -0.05) is 12.1 Å². The molecule has 0 bridgehead atoms. The van der Waals surface area contributed by atoms with Gasteiger partial charge in [0.25, 0.3) is 0 Å². The average molecular weight is 563 g/mol. The van der Waals surface area contributed by atoms with Crippen LogP contribution in [0.25, 0.3) is 22.5 Å². The van der Waals surface area contributed by atoms with Gasteiger partial charge in [0.2, 0.25) is 0 Å². The first-order chi connectivity index (χ1) is 20.4. The second-order valence-electron chi connectivity index (χ2n) is 11.0. The van der Waals surface area contributed by atoms with Crippen LogP contribution in [0.1, 0.15) is 36.1 Å². The van der Waals surface area contributed by atoms with Crippen LogP contribution in [-0.2, 0) is 18.3 Å². The second-order valence-corrected chi connectivity index (χ2v) is 11.0. The first-order valence-electron chi connectivity index (χ1n) is 14.3. The van der Waals surface area contributed by atoms with E-state index >= 15 is 0 Å². The number of hydrogen-bond acceptors (Lipinski definition) is 9. The molecule has 7 rings (SSSR count). The Kier molecular flexibility index (Phi) is 6.58. The highest BCUT2D eigenvalue weighted by molar-refractivity contribution is 5.93. The summed E-state index contributed by atoms with van der Waals surface area (Å²) in [5.74, 6) is 2.91. The molecule has 42 heavy (non-hydrogen) atoms. The fourth-order valence-electron chi connectivity index (χ4n) is 6.08. The molecule has 2 aliphatic rings. The number of aromatic nitrogens is 7. The summed E-state index contributed by atoms with van der Waals surface area (Å²) in [5, 5.41) is 12.0. The number of hydrogen-bond donors (Lipinski definition) is 2. The van der Waals surface area contributed by atoms with Crippen molar-refractivity contribution in [1.82, 2.24) is 34.3 Å². The fourth-order valence-corrected chi connectivity index (χ4v) is 6.08. The lowest BCUT2D eigenvalue weighted by Gasteiger charge is -2.32. The van der Waals surface area contributed by atoms with E-state index < -0.39 is 0 Å². The molecule has 0 aliphatic carbocycles. The van der Waals surface area contributed by atoms with E-state index in [0.717, 1.165) is 66.7 Å². The molecule has 1 saturated heterocycles. The van der Waals surface area contributed by atoms with Crippen LogP contribution in [0.4, 0.5) is 28.7 Å². The molecule has 0 amide bonds. The summed E-state index contributed by atoms with van der Waals surface area (Å²) in [6, 6.07) is 10.7. The zero-order valence-corrected chi connectivity index (χ0v) is 24.3. The maximum absolute atomic E-state index is 5.61. The third-order valence-corrected chi connectivity index (χ3v) is 7.99. The summed E-state index contributed by atoms with van der Waals surface area (Å²) in [5.41, 5.74) is 8.42. The van der Waals surface area contributed by atoms with Crippen LogP contribution < -0.4 is 15.5 Å². The van der Waals surface area contributed by atoms with Crippen molar-refractivity contribution in [2.24, 2.45) is 7.05 Å². The third-order valence-electron chi connectivity index (χ3n) is 7.99. The van der Waals surface area contributed by atoms with E-state index in [2.05, 4.69) is 60.4 Å². The van der Waals surface area contributed by atoms with Gasteiger partial charge < -0.3 is 24.8 Å². The lowest BCUT2D eigenvalue weighted by Crippen LogP contribution is -2.28. The molecule has 0 unspecified atom stereocenters. The maximum atomic E-state index is 5.61. The van der Waals surface area contributed by atoms with Gasteiger partial charge in [0.15, 0.2) is 0 Å². The van der Waals surface area contributed by atoms with Gasteiger partial charge in [0.05, 0.1) is 47.1 Å². The number of nitrogens with one attached hydrogen (secondary N) is 2. The van der Waals surface area contributed by atoms with Crippen LogP contribution in [-0.4, -0.2) is 54.5 Å². The Morgan fingerprint density at radius 2 is 1.74 bits per heavy atom. The lowest BCUT2D eigenvalue weighted by molar-refractivity contribution is 0.0654. The van der Waals surface area contributed by atoms with Gasteiger partial charge in [0.1, 0.15) is 23.3 Å². The van der Waals surface area contributed by atoms with Gasteiger partial charge in [-0.05, 0) is 32.8 Å². The molecule has 0 radical (unpaired) electrons. The van der Waals surface area contributed by atoms with Crippen LogP contribution in [0, 0.1) is 13.8 Å². The van der Waals surface area contributed by atoms with Crippen molar-refractivity contribution in [3.63, 3.8) is 0 Å². The quantitative estimate of drug-likeness (QED) is 0.275. The number of aryl methyl sites for hydroxylation is 3. The van der Waals surface area contributed by atoms with Crippen molar-refractivity contribution in [2.75, 3.05) is 35.8 Å². The van der Waals surface area contributed by atoms with Gasteiger partial charge in [-0.3, -0.25) is 4.68 Å². The first-order valence-corrected chi connectivity index (χ1v) is 14.3. The van der Waals surface area contributed by atoms with E-state index in [-0.39, 0.29) is 0 Å². The summed E-state index contributed by atoms with van der Waals surface area (Å²) >= 11 is 0. The summed E-state index contributed by atoms with van der Waals surface area (Å²) in [4.78, 5) is 20.6. The number of nitrogens with zero attached hydrogens (tertiary/aromatic N) is 8. The molecule has 11 heteroatoms. The van der Waals surface area contributed by atoms with Crippen molar-refractivity contribution >= 4 is 28.7 Å². The van der Waals surface area contributed by atoms with E-state index in [1.807, 2.05) is 56.2 Å². The van der Waals surface area contributed by atoms with Crippen molar-refractivity contribution < 1.29 is 4.74 Å². The topological polar surface area (TPSA) is 111 Å². The van der Waals surface area contributed by atoms with Crippen molar-refractivity contribution in [3.05, 3.63) is 72.3 Å². The third kappa shape index (κ3) is 4.75. The molecule has 6 heterocycles. The minimum atomic E-state index is 0.379. The largest absolute Gasteiger partial charge is 0.381 e. The van der Waals surface area contributed by atoms with Crippen molar-refractivity contribution in [3.8, 4) is 22.5 Å². The molecular formula is C31H34N10O. The smallest absolute Gasteiger partial charge is 0.143 e. The normalized spacial score (nSPS) is 14.9. The Labute approximate surface area is 244 Å². The van der Waals surface area contributed by atoms with Crippen LogP contribution in [0.5, 0.6) is 0 Å². The monoisotopic (exact) mass is 562 g/mol. The molecule has 2 aliphatic heterocycles. The summed E-state index contributed by atoms with van der Waals surface area (Å²) in [6.45, 7) is 6.20. The number of para-hydroxylation sites is 1. The number of anilines is 5.